The highest BCUT2D eigenvalue weighted by atomic mass is 16.6. The first-order chi connectivity index (χ1) is 6.53. The van der Waals surface area contributed by atoms with E-state index in [-0.39, 0.29) is 13.0 Å². The van der Waals surface area contributed by atoms with Crippen molar-refractivity contribution < 1.29 is 24.5 Å². The summed E-state index contributed by atoms with van der Waals surface area (Å²) in [7, 11) is 0. The van der Waals surface area contributed by atoms with Gasteiger partial charge in [0.2, 0.25) is 0 Å². The lowest BCUT2D eigenvalue weighted by molar-refractivity contribution is -0.221. The van der Waals surface area contributed by atoms with Gasteiger partial charge in [-0.1, -0.05) is 0 Å². The van der Waals surface area contributed by atoms with Crippen LogP contribution in [0.25, 0.3) is 0 Å². The minimum atomic E-state index is -0.976. The van der Waals surface area contributed by atoms with Crippen LogP contribution in [0, 0.1) is 0 Å². The zero-order valence-electron chi connectivity index (χ0n) is 7.77. The molecular formula is C8H13NO5. The Kier molecular flexibility index (Phi) is 2.13. The Hall–Kier alpha value is -0.850. The molecule has 2 saturated heterocycles. The number of aliphatic hydroxyl groups is 2. The van der Waals surface area contributed by atoms with Crippen molar-refractivity contribution in [1.82, 2.24) is 5.32 Å². The van der Waals surface area contributed by atoms with Gasteiger partial charge in [-0.15, -0.1) is 0 Å². The van der Waals surface area contributed by atoms with E-state index in [1.807, 2.05) is 0 Å². The highest BCUT2D eigenvalue weighted by Crippen LogP contribution is 2.31. The predicted molar refractivity (Wildman–Crippen MR) is 44.4 cm³/mol. The third-order valence-corrected chi connectivity index (χ3v) is 2.73. The van der Waals surface area contributed by atoms with Gasteiger partial charge in [0.05, 0.1) is 6.10 Å². The van der Waals surface area contributed by atoms with Crippen LogP contribution in [0.3, 0.4) is 0 Å². The number of carbonyl (C=O) groups excluding carboxylic acids is 1. The maximum atomic E-state index is 10.9. The normalized spacial score (nSPS) is 47.6. The van der Waals surface area contributed by atoms with Gasteiger partial charge in [-0.05, 0) is 6.92 Å². The summed E-state index contributed by atoms with van der Waals surface area (Å²) >= 11 is 0. The number of alkyl carbamates (subject to hydrolysis) is 1. The zero-order chi connectivity index (χ0) is 10.3. The van der Waals surface area contributed by atoms with Gasteiger partial charge in [0.15, 0.2) is 6.29 Å². The fraction of sp³-hybridized carbons (Fsp3) is 0.875. The summed E-state index contributed by atoms with van der Waals surface area (Å²) in [6, 6.07) is 0. The topological polar surface area (TPSA) is 88.0 Å². The van der Waals surface area contributed by atoms with Gasteiger partial charge in [-0.2, -0.15) is 0 Å². The van der Waals surface area contributed by atoms with E-state index < -0.39 is 30.1 Å². The minimum absolute atomic E-state index is 0.0672. The second-order valence-corrected chi connectivity index (χ2v) is 3.80. The number of hydrogen-bond acceptors (Lipinski definition) is 5. The van der Waals surface area contributed by atoms with Gasteiger partial charge >= 0.3 is 6.09 Å². The third-order valence-electron chi connectivity index (χ3n) is 2.73. The molecule has 1 spiro atoms. The SMILES string of the molecule is C[C@@H]1OC(O)C[C@@]2(COC(=O)N2)[C@@H]1O. The van der Waals surface area contributed by atoms with Crippen LogP contribution in [0.4, 0.5) is 4.79 Å². The smallest absolute Gasteiger partial charge is 0.407 e. The molecule has 2 rings (SSSR count). The molecule has 4 atom stereocenters. The molecule has 3 N–H and O–H groups in total. The Bertz CT molecular complexity index is 258. The summed E-state index contributed by atoms with van der Waals surface area (Å²) in [5.74, 6) is 0. The van der Waals surface area contributed by atoms with Crippen LogP contribution in [0.1, 0.15) is 13.3 Å². The molecule has 1 unspecified atom stereocenters. The number of rotatable bonds is 0. The van der Waals surface area contributed by atoms with Crippen LogP contribution in [-0.2, 0) is 9.47 Å². The molecule has 0 aliphatic carbocycles. The Morgan fingerprint density at radius 2 is 2.29 bits per heavy atom. The molecule has 2 aliphatic rings. The fourth-order valence-corrected chi connectivity index (χ4v) is 1.99. The van der Waals surface area contributed by atoms with Crippen molar-refractivity contribution in [3.8, 4) is 0 Å². The lowest BCUT2D eigenvalue weighted by atomic mass is 9.85. The van der Waals surface area contributed by atoms with E-state index in [0.717, 1.165) is 0 Å². The molecule has 2 fully saturated rings. The number of ether oxygens (including phenoxy) is 2. The van der Waals surface area contributed by atoms with E-state index in [0.29, 0.717) is 0 Å². The molecule has 6 heteroatoms. The average molecular weight is 203 g/mol. The second-order valence-electron chi connectivity index (χ2n) is 3.80. The van der Waals surface area contributed by atoms with Crippen molar-refractivity contribution in [3.63, 3.8) is 0 Å². The minimum Gasteiger partial charge on any atom is -0.447 e. The second kappa shape index (κ2) is 3.08. The average Bonchev–Trinajstić information content (AvgIpc) is 2.44. The van der Waals surface area contributed by atoms with Crippen molar-refractivity contribution in [2.75, 3.05) is 6.61 Å². The molecule has 0 radical (unpaired) electrons. The van der Waals surface area contributed by atoms with E-state index in [1.165, 1.54) is 0 Å². The number of cyclic esters (lactones) is 1. The highest BCUT2D eigenvalue weighted by Gasteiger charge is 2.52. The number of amides is 1. The molecule has 14 heavy (non-hydrogen) atoms. The maximum absolute atomic E-state index is 10.9. The summed E-state index contributed by atoms with van der Waals surface area (Å²) in [5.41, 5.74) is -0.895. The largest absolute Gasteiger partial charge is 0.447 e. The van der Waals surface area contributed by atoms with Crippen LogP contribution < -0.4 is 5.32 Å². The lowest BCUT2D eigenvalue weighted by Crippen LogP contribution is -2.63. The molecule has 0 bridgehead atoms. The van der Waals surface area contributed by atoms with Gasteiger partial charge < -0.3 is 25.0 Å². The van der Waals surface area contributed by atoms with Gasteiger partial charge in [0.1, 0.15) is 18.2 Å². The molecule has 2 heterocycles. The molecule has 80 valence electrons. The summed E-state index contributed by atoms with van der Waals surface area (Å²) in [4.78, 5) is 10.9. The molecule has 1 amide bonds. The predicted octanol–water partition coefficient (Wildman–Crippen LogP) is -1.05. The molecule has 6 nitrogen and oxygen atoms in total. The van der Waals surface area contributed by atoms with Crippen LogP contribution in [0.15, 0.2) is 0 Å². The van der Waals surface area contributed by atoms with Crippen LogP contribution in [0.5, 0.6) is 0 Å². The van der Waals surface area contributed by atoms with E-state index in [2.05, 4.69) is 5.32 Å². The van der Waals surface area contributed by atoms with E-state index >= 15 is 0 Å². The Morgan fingerprint density at radius 3 is 2.86 bits per heavy atom. The van der Waals surface area contributed by atoms with Gasteiger partial charge in [-0.25, -0.2) is 4.79 Å². The fourth-order valence-electron chi connectivity index (χ4n) is 1.99. The summed E-state index contributed by atoms with van der Waals surface area (Å²) in [5, 5.41) is 21.7. The van der Waals surface area contributed by atoms with Gasteiger partial charge in [0.25, 0.3) is 0 Å². The number of hydrogen-bond donors (Lipinski definition) is 3. The maximum Gasteiger partial charge on any atom is 0.407 e. The van der Waals surface area contributed by atoms with Crippen molar-refractivity contribution in [1.29, 1.82) is 0 Å². The Morgan fingerprint density at radius 1 is 1.57 bits per heavy atom. The first kappa shape index (κ1) is 9.70. The highest BCUT2D eigenvalue weighted by molar-refractivity contribution is 5.71. The molecule has 0 aromatic rings. The van der Waals surface area contributed by atoms with Crippen LogP contribution in [-0.4, -0.2) is 47.0 Å². The summed E-state index contributed by atoms with van der Waals surface area (Å²) in [6.45, 7) is 1.71. The molecular weight excluding hydrogens is 190 g/mol. The zero-order valence-corrected chi connectivity index (χ0v) is 7.77. The third kappa shape index (κ3) is 1.35. The van der Waals surface area contributed by atoms with E-state index in [1.54, 1.807) is 6.92 Å². The first-order valence-corrected chi connectivity index (χ1v) is 4.50. The standard InChI is InChI=1S/C8H13NO5/c1-4-6(11)8(2-5(10)14-4)3-13-7(12)9-8/h4-6,10-11H,2-3H2,1H3,(H,9,12)/t4-,5?,6+,8+/m0/s1. The summed E-state index contributed by atoms with van der Waals surface area (Å²) < 4.78 is 9.76. The number of aliphatic hydroxyl groups excluding tert-OH is 2. The monoisotopic (exact) mass is 203 g/mol. The van der Waals surface area contributed by atoms with Crippen molar-refractivity contribution in [2.45, 2.75) is 37.4 Å². The first-order valence-electron chi connectivity index (χ1n) is 4.50. The number of nitrogens with one attached hydrogen (secondary N) is 1. The molecule has 2 aliphatic heterocycles. The van der Waals surface area contributed by atoms with E-state index in [9.17, 15) is 15.0 Å². The quantitative estimate of drug-likeness (QED) is 0.467. The Labute approximate surface area is 80.8 Å². The molecule has 0 aromatic heterocycles. The Balaban J connectivity index is 2.19. The van der Waals surface area contributed by atoms with Gasteiger partial charge in [-0.3, -0.25) is 0 Å². The lowest BCUT2D eigenvalue weighted by Gasteiger charge is -2.41. The van der Waals surface area contributed by atoms with Crippen LogP contribution >= 0.6 is 0 Å². The molecule has 0 saturated carbocycles. The number of carbonyl (C=O) groups is 1. The van der Waals surface area contributed by atoms with E-state index in [4.69, 9.17) is 9.47 Å². The van der Waals surface area contributed by atoms with Crippen molar-refractivity contribution in [2.24, 2.45) is 0 Å². The van der Waals surface area contributed by atoms with Gasteiger partial charge in [0, 0.05) is 6.42 Å². The van der Waals surface area contributed by atoms with Crippen LogP contribution in [0.2, 0.25) is 0 Å². The van der Waals surface area contributed by atoms with Crippen molar-refractivity contribution in [3.05, 3.63) is 0 Å². The molecule has 0 aromatic carbocycles. The van der Waals surface area contributed by atoms with Crippen molar-refractivity contribution >= 4 is 6.09 Å². The summed E-state index contributed by atoms with van der Waals surface area (Å²) in [6.07, 6.45) is -2.79.